The van der Waals surface area contributed by atoms with E-state index in [9.17, 15) is 28.1 Å². The number of aliphatic imine (C=N–C) groups is 1. The first-order chi connectivity index (χ1) is 15.1. The number of esters is 1. The van der Waals surface area contributed by atoms with Crippen LogP contribution < -0.4 is 5.32 Å². The molecule has 0 fully saturated rings. The van der Waals surface area contributed by atoms with Gasteiger partial charge in [0.05, 0.1) is 39.9 Å². The van der Waals surface area contributed by atoms with Gasteiger partial charge < -0.3 is 15.0 Å². The molecule has 0 aliphatic carbocycles. The second-order valence-corrected chi connectivity index (χ2v) is 7.98. The number of amidine groups is 1. The zero-order valence-corrected chi connectivity index (χ0v) is 18.3. The minimum absolute atomic E-state index is 0.00496. The van der Waals surface area contributed by atoms with Gasteiger partial charge in [0.2, 0.25) is 0 Å². The molecule has 0 bridgehead atoms. The van der Waals surface area contributed by atoms with Crippen LogP contribution in [0.15, 0.2) is 51.3 Å². The van der Waals surface area contributed by atoms with Crippen LogP contribution in [-0.4, -0.2) is 47.7 Å². The molecule has 12 heteroatoms. The Morgan fingerprint density at radius 2 is 2.16 bits per heavy atom. The van der Waals surface area contributed by atoms with Crippen molar-refractivity contribution in [3.05, 3.63) is 67.5 Å². The Kier molecular flexibility index (Phi) is 6.82. The lowest BCUT2D eigenvalue weighted by Gasteiger charge is -2.33. The van der Waals surface area contributed by atoms with Crippen molar-refractivity contribution in [3.8, 4) is 0 Å². The van der Waals surface area contributed by atoms with Crippen molar-refractivity contribution in [1.29, 1.82) is 0 Å². The molecule has 0 radical (unpaired) electrons. The number of rotatable bonds is 5. The maximum absolute atomic E-state index is 13.4. The van der Waals surface area contributed by atoms with E-state index in [-0.39, 0.29) is 29.1 Å². The largest absolute Gasteiger partial charge is 0.463 e. The van der Waals surface area contributed by atoms with E-state index >= 15 is 0 Å². The summed E-state index contributed by atoms with van der Waals surface area (Å²) >= 11 is 1.09. The smallest absolute Gasteiger partial charge is 0.416 e. The molecule has 3 rings (SSSR count). The van der Waals surface area contributed by atoms with E-state index in [0.29, 0.717) is 23.3 Å². The summed E-state index contributed by atoms with van der Waals surface area (Å²) in [6, 6.07) is 4.22. The van der Waals surface area contributed by atoms with Crippen LogP contribution in [0.4, 0.5) is 13.2 Å². The number of nitrogens with one attached hydrogen (secondary N) is 1. The molecule has 0 amide bonds. The highest BCUT2D eigenvalue weighted by atomic mass is 32.2. The Balaban J connectivity index is 2.27. The summed E-state index contributed by atoms with van der Waals surface area (Å²) in [5.74, 6) is -2.19. The molecule has 0 saturated carbocycles. The first kappa shape index (κ1) is 23.6. The van der Waals surface area contributed by atoms with Crippen molar-refractivity contribution >= 4 is 22.9 Å². The number of nitro groups is 1. The Hall–Kier alpha value is -3.02. The van der Waals surface area contributed by atoms with Crippen LogP contribution in [0.1, 0.15) is 30.9 Å². The van der Waals surface area contributed by atoms with Gasteiger partial charge in [-0.1, -0.05) is 18.2 Å². The van der Waals surface area contributed by atoms with Crippen LogP contribution in [-0.2, 0) is 15.7 Å². The maximum atomic E-state index is 13.4. The van der Waals surface area contributed by atoms with Crippen LogP contribution in [0.3, 0.4) is 0 Å². The fourth-order valence-corrected chi connectivity index (χ4v) is 4.60. The number of halogens is 3. The minimum Gasteiger partial charge on any atom is -0.463 e. The fraction of sp³-hybridized carbons (Fsp3) is 0.400. The van der Waals surface area contributed by atoms with E-state index in [1.807, 2.05) is 0 Å². The number of allylic oxidation sites excluding steroid dienone is 2. The molecule has 1 N–H and O–H groups in total. The maximum Gasteiger partial charge on any atom is 0.416 e. The second kappa shape index (κ2) is 9.23. The average Bonchev–Trinajstić information content (AvgIpc) is 3.23. The molecule has 1 aromatic rings. The highest BCUT2D eigenvalue weighted by Crippen LogP contribution is 2.46. The monoisotopic (exact) mass is 470 g/mol. The Bertz CT molecular complexity index is 1040. The number of alkyl halides is 3. The summed E-state index contributed by atoms with van der Waals surface area (Å²) in [5, 5.41) is 15.9. The normalized spacial score (nSPS) is 19.1. The van der Waals surface area contributed by atoms with Gasteiger partial charge in [0.1, 0.15) is 5.92 Å². The molecule has 2 heterocycles. The summed E-state index contributed by atoms with van der Waals surface area (Å²) in [7, 11) is 1.55. The zero-order valence-electron chi connectivity index (χ0n) is 17.5. The molecule has 0 spiro atoms. The molecule has 2 aliphatic rings. The summed E-state index contributed by atoms with van der Waals surface area (Å²) in [4.78, 5) is 30.1. The number of ether oxygens (including phenoxy) is 1. The van der Waals surface area contributed by atoms with Crippen LogP contribution in [0.2, 0.25) is 0 Å². The number of benzene rings is 1. The zero-order chi connectivity index (χ0) is 23.6. The van der Waals surface area contributed by atoms with Crippen LogP contribution in [0, 0.1) is 10.1 Å². The first-order valence-corrected chi connectivity index (χ1v) is 10.5. The third-order valence-electron chi connectivity index (χ3n) is 5.05. The van der Waals surface area contributed by atoms with Crippen molar-refractivity contribution < 1.29 is 27.6 Å². The lowest BCUT2D eigenvalue weighted by Crippen LogP contribution is -2.34. The van der Waals surface area contributed by atoms with Crippen LogP contribution in [0.25, 0.3) is 0 Å². The molecular formula is C20H21F3N4O4S. The van der Waals surface area contributed by atoms with Gasteiger partial charge in [-0.05, 0) is 37.2 Å². The summed E-state index contributed by atoms with van der Waals surface area (Å²) in [6.07, 6.45) is -4.65. The SMILES string of the molecule is CCOC(=O)C1=C(SC2=NCCN2)N(C)C(C)=C([N+](=O)[O-])C1c1cccc(C(F)(F)F)c1. The number of hydrogen-bond donors (Lipinski definition) is 1. The van der Waals surface area contributed by atoms with Gasteiger partial charge in [-0.25, -0.2) is 4.79 Å². The van der Waals surface area contributed by atoms with Crippen LogP contribution in [0.5, 0.6) is 0 Å². The van der Waals surface area contributed by atoms with E-state index in [2.05, 4.69) is 10.3 Å². The lowest BCUT2D eigenvalue weighted by molar-refractivity contribution is -0.431. The molecule has 32 heavy (non-hydrogen) atoms. The van der Waals surface area contributed by atoms with Crippen molar-refractivity contribution in [1.82, 2.24) is 10.2 Å². The Morgan fingerprint density at radius 1 is 1.44 bits per heavy atom. The molecular weight excluding hydrogens is 449 g/mol. The van der Waals surface area contributed by atoms with Crippen LogP contribution >= 0.6 is 11.8 Å². The highest BCUT2D eigenvalue weighted by Gasteiger charge is 2.45. The second-order valence-electron chi connectivity index (χ2n) is 7.00. The van der Waals surface area contributed by atoms with Gasteiger partial charge in [0.25, 0.3) is 5.70 Å². The molecule has 0 saturated heterocycles. The minimum atomic E-state index is -4.65. The van der Waals surface area contributed by atoms with Crippen molar-refractivity contribution in [2.45, 2.75) is 25.9 Å². The van der Waals surface area contributed by atoms with E-state index in [4.69, 9.17) is 4.74 Å². The standard InChI is InChI=1S/C20H21F3N4O4S/c1-4-31-18(28)15-14(12-6-5-7-13(10-12)20(21,22)23)16(27(29)30)11(2)26(3)17(15)32-19-24-8-9-25-19/h5-7,10,14H,4,8-9H2,1-3H3,(H,24,25). The van der Waals surface area contributed by atoms with Crippen molar-refractivity contribution in [3.63, 3.8) is 0 Å². The molecule has 8 nitrogen and oxygen atoms in total. The predicted octanol–water partition coefficient (Wildman–Crippen LogP) is 3.71. The number of thioether (sulfide) groups is 1. The van der Waals surface area contributed by atoms with Gasteiger partial charge in [0.15, 0.2) is 5.17 Å². The third kappa shape index (κ3) is 4.59. The van der Waals surface area contributed by atoms with Gasteiger partial charge >= 0.3 is 12.1 Å². The Morgan fingerprint density at radius 3 is 2.72 bits per heavy atom. The number of carbonyl (C=O) groups excluding carboxylic acids is 1. The van der Waals surface area contributed by atoms with E-state index in [1.54, 1.807) is 14.0 Å². The molecule has 1 aromatic carbocycles. The van der Waals surface area contributed by atoms with E-state index in [1.165, 1.54) is 24.0 Å². The van der Waals surface area contributed by atoms with E-state index < -0.39 is 28.6 Å². The first-order valence-electron chi connectivity index (χ1n) is 9.69. The quantitative estimate of drug-likeness (QED) is 0.398. The molecule has 1 atom stereocenters. The summed E-state index contributed by atoms with van der Waals surface area (Å²) in [6.45, 7) is 4.19. The number of hydrogen-bond acceptors (Lipinski definition) is 8. The van der Waals surface area contributed by atoms with E-state index in [0.717, 1.165) is 23.9 Å². The third-order valence-corrected chi connectivity index (χ3v) is 6.20. The van der Waals surface area contributed by atoms with Crippen molar-refractivity contribution in [2.24, 2.45) is 4.99 Å². The summed E-state index contributed by atoms with van der Waals surface area (Å²) < 4.78 is 45.3. The molecule has 2 aliphatic heterocycles. The fourth-order valence-electron chi connectivity index (χ4n) is 3.50. The highest BCUT2D eigenvalue weighted by molar-refractivity contribution is 8.17. The molecule has 1 unspecified atom stereocenters. The summed E-state index contributed by atoms with van der Waals surface area (Å²) in [5.41, 5.74) is -1.28. The van der Waals surface area contributed by atoms with Gasteiger partial charge in [-0.3, -0.25) is 15.1 Å². The topological polar surface area (TPSA) is 97.1 Å². The van der Waals surface area contributed by atoms with Gasteiger partial charge in [-0.15, -0.1) is 0 Å². The Labute approximate surface area is 186 Å². The van der Waals surface area contributed by atoms with Crippen molar-refractivity contribution in [2.75, 3.05) is 26.7 Å². The van der Waals surface area contributed by atoms with Gasteiger partial charge in [-0.2, -0.15) is 13.2 Å². The number of nitrogens with zero attached hydrogens (tertiary/aromatic N) is 3. The molecule has 172 valence electrons. The lowest BCUT2D eigenvalue weighted by atomic mass is 9.84. The average molecular weight is 470 g/mol. The predicted molar refractivity (Wildman–Crippen MR) is 113 cm³/mol. The number of carbonyl (C=O) groups is 1. The molecule has 0 aromatic heterocycles. The van der Waals surface area contributed by atoms with Gasteiger partial charge in [0, 0.05) is 13.6 Å².